The summed E-state index contributed by atoms with van der Waals surface area (Å²) in [6, 6.07) is 17.6. The van der Waals surface area contributed by atoms with Crippen LogP contribution in [0.1, 0.15) is 11.3 Å². The molecule has 0 aliphatic rings. The van der Waals surface area contributed by atoms with Crippen LogP contribution in [0.3, 0.4) is 0 Å². The van der Waals surface area contributed by atoms with Crippen LogP contribution in [0.4, 0.5) is 5.69 Å². The van der Waals surface area contributed by atoms with Crippen molar-refractivity contribution < 1.29 is 9.21 Å². The highest BCUT2D eigenvalue weighted by atomic mass is 16.3. The molecular formula is C17H16N2O2. The lowest BCUT2D eigenvalue weighted by Crippen LogP contribution is -2.13. The molecule has 1 aromatic heterocycles. The molecule has 0 bridgehead atoms. The first-order chi connectivity index (χ1) is 10.2. The third-order valence-corrected chi connectivity index (χ3v) is 3.28. The first-order valence-corrected chi connectivity index (χ1v) is 6.79. The Balaban J connectivity index is 1.65. The van der Waals surface area contributed by atoms with E-state index in [9.17, 15) is 4.79 Å². The van der Waals surface area contributed by atoms with E-state index >= 15 is 0 Å². The van der Waals surface area contributed by atoms with E-state index < -0.39 is 0 Å². The summed E-state index contributed by atoms with van der Waals surface area (Å²) >= 11 is 0. The third-order valence-electron chi connectivity index (χ3n) is 3.28. The number of amides is 1. The molecule has 0 spiro atoms. The molecule has 0 unspecified atom stereocenters. The van der Waals surface area contributed by atoms with E-state index in [1.165, 1.54) is 0 Å². The van der Waals surface area contributed by atoms with E-state index in [2.05, 4.69) is 5.32 Å². The van der Waals surface area contributed by atoms with Gasteiger partial charge in [-0.25, -0.2) is 0 Å². The molecule has 0 aliphatic heterocycles. The van der Waals surface area contributed by atoms with Gasteiger partial charge in [0, 0.05) is 11.1 Å². The number of hydrogen-bond acceptors (Lipinski definition) is 3. The molecular weight excluding hydrogens is 264 g/mol. The minimum absolute atomic E-state index is 0.268. The molecule has 1 heterocycles. The fourth-order valence-electron chi connectivity index (χ4n) is 2.25. The Morgan fingerprint density at radius 1 is 1.10 bits per heavy atom. The van der Waals surface area contributed by atoms with Gasteiger partial charge in [0.15, 0.2) is 0 Å². The number of furan rings is 1. The van der Waals surface area contributed by atoms with E-state index in [-0.39, 0.29) is 12.3 Å². The Kier molecular flexibility index (Phi) is 3.60. The highest BCUT2D eigenvalue weighted by Crippen LogP contribution is 2.20. The first-order valence-electron chi connectivity index (χ1n) is 6.79. The average molecular weight is 280 g/mol. The van der Waals surface area contributed by atoms with Crippen LogP contribution in [0.25, 0.3) is 11.0 Å². The second kappa shape index (κ2) is 5.71. The molecule has 4 heteroatoms. The van der Waals surface area contributed by atoms with Crippen LogP contribution >= 0.6 is 0 Å². The maximum Gasteiger partial charge on any atom is 0.221 e. The molecule has 4 nitrogen and oxygen atoms in total. The molecule has 3 N–H and O–H groups in total. The molecule has 1 amide bonds. The minimum Gasteiger partial charge on any atom is -0.459 e. The molecule has 0 radical (unpaired) electrons. The second-order valence-corrected chi connectivity index (χ2v) is 4.94. The molecule has 3 aromatic rings. The van der Waals surface area contributed by atoms with E-state index in [1.54, 1.807) is 0 Å². The van der Waals surface area contributed by atoms with Crippen LogP contribution in [-0.4, -0.2) is 5.91 Å². The normalized spacial score (nSPS) is 10.7. The monoisotopic (exact) mass is 280 g/mol. The molecule has 0 atom stereocenters. The summed E-state index contributed by atoms with van der Waals surface area (Å²) in [5.41, 5.74) is 7.95. The molecule has 2 aromatic carbocycles. The number of nitrogens with two attached hydrogens (primary N) is 1. The SMILES string of the molecule is NC(=O)Cc1ccc(NCc2cc3ccccc3o2)cc1. The Labute approximate surface area is 122 Å². The van der Waals surface area contributed by atoms with Gasteiger partial charge in [0.2, 0.25) is 5.91 Å². The van der Waals surface area contributed by atoms with Crippen LogP contribution in [-0.2, 0) is 17.8 Å². The maximum atomic E-state index is 10.8. The number of hydrogen-bond donors (Lipinski definition) is 2. The third kappa shape index (κ3) is 3.23. The van der Waals surface area contributed by atoms with Gasteiger partial charge < -0.3 is 15.5 Å². The molecule has 21 heavy (non-hydrogen) atoms. The number of carbonyl (C=O) groups is 1. The van der Waals surface area contributed by atoms with E-state index in [4.69, 9.17) is 10.2 Å². The summed E-state index contributed by atoms with van der Waals surface area (Å²) in [6.45, 7) is 0.615. The quantitative estimate of drug-likeness (QED) is 0.754. The van der Waals surface area contributed by atoms with Crippen molar-refractivity contribution in [2.45, 2.75) is 13.0 Å². The maximum absolute atomic E-state index is 10.8. The Morgan fingerprint density at radius 2 is 1.86 bits per heavy atom. The highest BCUT2D eigenvalue weighted by Gasteiger charge is 2.03. The van der Waals surface area contributed by atoms with E-state index in [1.807, 2.05) is 54.6 Å². The smallest absolute Gasteiger partial charge is 0.221 e. The van der Waals surface area contributed by atoms with Crippen molar-refractivity contribution in [2.75, 3.05) is 5.32 Å². The summed E-state index contributed by atoms with van der Waals surface area (Å²) in [7, 11) is 0. The number of fused-ring (bicyclic) bond motifs is 1. The Morgan fingerprint density at radius 3 is 2.57 bits per heavy atom. The van der Waals surface area contributed by atoms with Gasteiger partial charge in [0.25, 0.3) is 0 Å². The number of nitrogens with one attached hydrogen (secondary N) is 1. The van der Waals surface area contributed by atoms with Crippen molar-refractivity contribution >= 4 is 22.6 Å². The molecule has 106 valence electrons. The number of primary amides is 1. The largest absolute Gasteiger partial charge is 0.459 e. The van der Waals surface area contributed by atoms with Gasteiger partial charge in [0.05, 0.1) is 13.0 Å². The Bertz CT molecular complexity index is 727. The lowest BCUT2D eigenvalue weighted by atomic mass is 10.1. The Hall–Kier alpha value is -2.75. The summed E-state index contributed by atoms with van der Waals surface area (Å²) in [5.74, 6) is 0.565. The van der Waals surface area contributed by atoms with E-state index in [0.29, 0.717) is 6.54 Å². The van der Waals surface area contributed by atoms with Gasteiger partial charge in [-0.2, -0.15) is 0 Å². The predicted molar refractivity (Wildman–Crippen MR) is 82.9 cm³/mol. The summed E-state index contributed by atoms with van der Waals surface area (Å²) in [4.78, 5) is 10.8. The van der Waals surface area contributed by atoms with Gasteiger partial charge in [0.1, 0.15) is 11.3 Å². The number of anilines is 1. The van der Waals surface area contributed by atoms with Crippen molar-refractivity contribution in [1.29, 1.82) is 0 Å². The lowest BCUT2D eigenvalue weighted by molar-refractivity contribution is -0.117. The van der Waals surface area contributed by atoms with Crippen LogP contribution in [0.2, 0.25) is 0 Å². The lowest BCUT2D eigenvalue weighted by Gasteiger charge is -2.05. The molecule has 0 saturated carbocycles. The summed E-state index contributed by atoms with van der Waals surface area (Å²) in [5, 5.41) is 4.40. The van der Waals surface area contributed by atoms with Gasteiger partial charge >= 0.3 is 0 Å². The standard InChI is InChI=1S/C17H16N2O2/c18-17(20)9-12-5-7-14(8-6-12)19-11-15-10-13-3-1-2-4-16(13)21-15/h1-8,10,19H,9,11H2,(H2,18,20). The van der Waals surface area contributed by atoms with Crippen molar-refractivity contribution in [3.63, 3.8) is 0 Å². The topological polar surface area (TPSA) is 68.3 Å². The van der Waals surface area contributed by atoms with Gasteiger partial charge in [-0.3, -0.25) is 4.79 Å². The van der Waals surface area contributed by atoms with Crippen LogP contribution in [0.5, 0.6) is 0 Å². The van der Waals surface area contributed by atoms with Crippen LogP contribution in [0, 0.1) is 0 Å². The summed E-state index contributed by atoms with van der Waals surface area (Å²) < 4.78 is 5.74. The highest BCUT2D eigenvalue weighted by molar-refractivity contribution is 5.78. The zero-order valence-corrected chi connectivity index (χ0v) is 11.5. The fourth-order valence-corrected chi connectivity index (χ4v) is 2.25. The van der Waals surface area contributed by atoms with E-state index in [0.717, 1.165) is 28.0 Å². The van der Waals surface area contributed by atoms with Crippen molar-refractivity contribution in [2.24, 2.45) is 5.73 Å². The van der Waals surface area contributed by atoms with Crippen LogP contribution < -0.4 is 11.1 Å². The van der Waals surface area contributed by atoms with Gasteiger partial charge in [-0.15, -0.1) is 0 Å². The number of rotatable bonds is 5. The van der Waals surface area contributed by atoms with Crippen LogP contribution in [0.15, 0.2) is 59.0 Å². The first kappa shape index (κ1) is 13.2. The number of para-hydroxylation sites is 1. The number of carbonyl (C=O) groups excluding carboxylic acids is 1. The van der Waals surface area contributed by atoms with Crippen molar-refractivity contribution in [1.82, 2.24) is 0 Å². The second-order valence-electron chi connectivity index (χ2n) is 4.94. The van der Waals surface area contributed by atoms with Crippen molar-refractivity contribution in [3.05, 3.63) is 65.9 Å². The van der Waals surface area contributed by atoms with Gasteiger partial charge in [-0.05, 0) is 29.8 Å². The fraction of sp³-hybridized carbons (Fsp3) is 0.118. The molecule has 0 saturated heterocycles. The predicted octanol–water partition coefficient (Wildman–Crippen LogP) is 3.07. The zero-order valence-electron chi connectivity index (χ0n) is 11.5. The average Bonchev–Trinajstić information content (AvgIpc) is 2.89. The molecule has 3 rings (SSSR count). The molecule has 0 fully saturated rings. The van der Waals surface area contributed by atoms with Crippen molar-refractivity contribution in [3.8, 4) is 0 Å². The molecule has 0 aliphatic carbocycles. The van der Waals surface area contributed by atoms with Gasteiger partial charge in [-0.1, -0.05) is 30.3 Å². The number of benzene rings is 2. The summed E-state index contributed by atoms with van der Waals surface area (Å²) in [6.07, 6.45) is 0.268. The minimum atomic E-state index is -0.321. The zero-order chi connectivity index (χ0) is 14.7.